The average Bonchev–Trinajstić information content (AvgIpc) is 3.87. The highest BCUT2D eigenvalue weighted by Crippen LogP contribution is 2.31. The summed E-state index contributed by atoms with van der Waals surface area (Å²) < 4.78 is 5.90. The van der Waals surface area contributed by atoms with E-state index in [4.69, 9.17) is 4.74 Å². The van der Waals surface area contributed by atoms with Gasteiger partial charge < -0.3 is 20.1 Å². The Labute approximate surface area is 315 Å². The van der Waals surface area contributed by atoms with E-state index in [0.29, 0.717) is 16.4 Å². The number of aliphatic carboxylic acids is 1. The van der Waals surface area contributed by atoms with Crippen molar-refractivity contribution in [3.05, 3.63) is 107 Å². The lowest BCUT2D eigenvalue weighted by molar-refractivity contribution is -0.142. The Morgan fingerprint density at radius 2 is 1.55 bits per heavy atom. The molecule has 0 aliphatic heterocycles. The number of amides is 1. The highest BCUT2D eigenvalue weighted by Gasteiger charge is 2.29. The highest BCUT2D eigenvalue weighted by atomic mass is 32.1. The van der Waals surface area contributed by atoms with Crippen LogP contribution in [0.1, 0.15) is 92.0 Å². The number of carbonyl (C=O) groups is 3. The van der Waals surface area contributed by atoms with Crippen molar-refractivity contribution in [2.24, 2.45) is 5.92 Å². The molecule has 11 heteroatoms. The third-order valence-electron chi connectivity index (χ3n) is 9.07. The van der Waals surface area contributed by atoms with Crippen molar-refractivity contribution >= 4 is 29.0 Å². The molecule has 3 heterocycles. The summed E-state index contributed by atoms with van der Waals surface area (Å²) in [6, 6.07) is 18.1. The van der Waals surface area contributed by atoms with Crippen LogP contribution in [0.4, 0.5) is 0 Å². The van der Waals surface area contributed by atoms with Gasteiger partial charge in [-0.15, -0.1) is 11.3 Å². The Kier molecular flexibility index (Phi) is 13.7. The van der Waals surface area contributed by atoms with Gasteiger partial charge in [-0.2, -0.15) is 0 Å². The number of carboxylic acids is 1. The number of hydrogen-bond acceptors (Lipinski definition) is 8. The molecular weight excluding hydrogens is 687 g/mol. The lowest BCUT2D eigenvalue weighted by atomic mass is 9.92. The van der Waals surface area contributed by atoms with E-state index in [2.05, 4.69) is 52.9 Å². The summed E-state index contributed by atoms with van der Waals surface area (Å²) in [6.07, 6.45) is 12.8. The molecule has 0 radical (unpaired) electrons. The minimum Gasteiger partial charge on any atom is -0.494 e. The topological polar surface area (TPSA) is 147 Å². The zero-order valence-electron chi connectivity index (χ0n) is 30.9. The number of nitrogens with one attached hydrogen (secondary N) is 2. The maximum atomic E-state index is 13.7. The second-order valence-electron chi connectivity index (χ2n) is 14.4. The zero-order valence-corrected chi connectivity index (χ0v) is 31.7. The Bertz CT molecular complexity index is 1910. The molecule has 53 heavy (non-hydrogen) atoms. The number of nitrogens with zero attached hydrogens (tertiary/aromatic N) is 3. The SMILES string of the molecule is CCCCCCCOc1ccc(-c2cnc(-c3ccc(C[C@H](CC(=O)c4ccc(C(C)(C)C)s4)C(=O)N[C@H](Cc4cnc[nH]4)C(=O)O)cc3)nc2)cc1. The van der Waals surface area contributed by atoms with Crippen molar-refractivity contribution in [1.82, 2.24) is 25.3 Å². The van der Waals surface area contributed by atoms with E-state index in [1.165, 1.54) is 49.5 Å². The molecule has 2 atom stereocenters. The van der Waals surface area contributed by atoms with Crippen LogP contribution in [-0.4, -0.2) is 55.4 Å². The van der Waals surface area contributed by atoms with E-state index < -0.39 is 23.8 Å². The lowest BCUT2D eigenvalue weighted by Gasteiger charge is -2.20. The van der Waals surface area contributed by atoms with Crippen LogP contribution in [0.3, 0.4) is 0 Å². The molecule has 2 aromatic carbocycles. The van der Waals surface area contributed by atoms with E-state index in [1.54, 1.807) is 12.4 Å². The van der Waals surface area contributed by atoms with Gasteiger partial charge in [0.05, 0.1) is 17.8 Å². The maximum Gasteiger partial charge on any atom is 0.326 e. The molecule has 278 valence electrons. The largest absolute Gasteiger partial charge is 0.494 e. The first-order valence-corrected chi connectivity index (χ1v) is 19.1. The highest BCUT2D eigenvalue weighted by molar-refractivity contribution is 7.14. The third-order valence-corrected chi connectivity index (χ3v) is 10.6. The molecule has 0 saturated carbocycles. The first-order chi connectivity index (χ1) is 25.5. The number of imidazole rings is 1. The second kappa shape index (κ2) is 18.6. The van der Waals surface area contributed by atoms with Crippen molar-refractivity contribution in [2.45, 2.75) is 90.5 Å². The molecule has 3 N–H and O–H groups in total. The summed E-state index contributed by atoms with van der Waals surface area (Å²) in [5, 5.41) is 12.6. The summed E-state index contributed by atoms with van der Waals surface area (Å²) in [4.78, 5) is 57.0. The van der Waals surface area contributed by atoms with Gasteiger partial charge in [0, 0.05) is 59.0 Å². The molecule has 3 aromatic heterocycles. The van der Waals surface area contributed by atoms with Crippen LogP contribution < -0.4 is 10.1 Å². The summed E-state index contributed by atoms with van der Waals surface area (Å²) in [5.74, 6) is -1.21. The zero-order chi connectivity index (χ0) is 37.8. The number of carboxylic acid groups (broad SMARTS) is 1. The van der Waals surface area contributed by atoms with Gasteiger partial charge in [-0.1, -0.05) is 89.8 Å². The van der Waals surface area contributed by atoms with Gasteiger partial charge in [-0.05, 0) is 53.6 Å². The number of ether oxygens (including phenoxy) is 1. The van der Waals surface area contributed by atoms with Crippen LogP contribution in [-0.2, 0) is 27.8 Å². The molecule has 0 aliphatic carbocycles. The normalized spacial score (nSPS) is 12.6. The number of unbranched alkanes of at least 4 members (excludes halogenated alkanes) is 4. The summed E-state index contributed by atoms with van der Waals surface area (Å²) in [6.45, 7) is 9.19. The lowest BCUT2D eigenvalue weighted by Crippen LogP contribution is -2.45. The fraction of sp³-hybridized carbons (Fsp3) is 0.381. The van der Waals surface area contributed by atoms with Crippen LogP contribution in [0.25, 0.3) is 22.5 Å². The number of hydrogen-bond donors (Lipinski definition) is 3. The molecule has 1 amide bonds. The molecule has 0 bridgehead atoms. The van der Waals surface area contributed by atoms with Crippen LogP contribution in [0.5, 0.6) is 5.75 Å². The van der Waals surface area contributed by atoms with Crippen molar-refractivity contribution < 1.29 is 24.2 Å². The standard InChI is InChI=1S/C42H49N5O5S/c1-5-6-7-8-9-20-52-34-16-14-29(15-17-34)32-24-44-39(45-25-32)30-12-10-28(11-13-30)21-31(22-36(48)37-18-19-38(53-37)42(2,3)4)40(49)47-35(41(50)51)23-33-26-43-27-46-33/h10-19,24-27,31,35H,5-9,20-23H2,1-4H3,(H,43,46)(H,47,49)(H,50,51)/t31-,35-/m1/s1. The minimum atomic E-state index is -1.19. The first-order valence-electron chi connectivity index (χ1n) is 18.3. The number of Topliss-reactive ketones (excluding diaryl/α,β-unsaturated/α-hetero) is 1. The Balaban J connectivity index is 1.25. The predicted octanol–water partition coefficient (Wildman–Crippen LogP) is 8.49. The number of rotatable bonds is 19. The van der Waals surface area contributed by atoms with Gasteiger partial charge in [0.1, 0.15) is 11.8 Å². The summed E-state index contributed by atoms with van der Waals surface area (Å²) in [7, 11) is 0. The fourth-order valence-corrected chi connectivity index (χ4v) is 6.93. The van der Waals surface area contributed by atoms with E-state index in [0.717, 1.165) is 45.9 Å². The molecule has 0 aliphatic rings. The van der Waals surface area contributed by atoms with Gasteiger partial charge >= 0.3 is 5.97 Å². The van der Waals surface area contributed by atoms with Crippen LogP contribution >= 0.6 is 11.3 Å². The van der Waals surface area contributed by atoms with Crippen molar-refractivity contribution in [3.63, 3.8) is 0 Å². The van der Waals surface area contributed by atoms with Crippen LogP contribution in [0, 0.1) is 5.92 Å². The third kappa shape index (κ3) is 11.4. The second-order valence-corrected chi connectivity index (χ2v) is 15.5. The van der Waals surface area contributed by atoms with E-state index in [1.807, 2.05) is 60.7 Å². The molecule has 5 rings (SSSR count). The van der Waals surface area contributed by atoms with E-state index >= 15 is 0 Å². The molecule has 0 unspecified atom stereocenters. The number of aromatic nitrogens is 4. The smallest absolute Gasteiger partial charge is 0.326 e. The van der Waals surface area contributed by atoms with Gasteiger partial charge in [0.2, 0.25) is 5.91 Å². The van der Waals surface area contributed by atoms with Crippen molar-refractivity contribution in [1.29, 1.82) is 0 Å². The predicted molar refractivity (Wildman–Crippen MR) is 208 cm³/mol. The van der Waals surface area contributed by atoms with Gasteiger partial charge in [-0.3, -0.25) is 9.59 Å². The van der Waals surface area contributed by atoms with Gasteiger partial charge in [-0.25, -0.2) is 19.7 Å². The number of carbonyl (C=O) groups excluding carboxylic acids is 2. The fourth-order valence-electron chi connectivity index (χ4n) is 5.92. The van der Waals surface area contributed by atoms with Gasteiger partial charge in [0.15, 0.2) is 11.6 Å². The number of thiophene rings is 1. The molecule has 0 fully saturated rings. The molecule has 0 spiro atoms. The maximum absolute atomic E-state index is 13.7. The summed E-state index contributed by atoms with van der Waals surface area (Å²) in [5.41, 5.74) is 3.98. The Morgan fingerprint density at radius 1 is 0.849 bits per heavy atom. The molecule has 5 aromatic rings. The Hall–Kier alpha value is -5.16. The molecule has 0 saturated heterocycles. The number of benzene rings is 2. The number of H-pyrrole nitrogens is 1. The quantitative estimate of drug-likeness (QED) is 0.0565. The van der Waals surface area contributed by atoms with Crippen LogP contribution in [0.2, 0.25) is 0 Å². The Morgan fingerprint density at radius 3 is 2.17 bits per heavy atom. The number of ketones is 1. The summed E-state index contributed by atoms with van der Waals surface area (Å²) >= 11 is 1.43. The van der Waals surface area contributed by atoms with Crippen molar-refractivity contribution in [3.8, 4) is 28.3 Å². The van der Waals surface area contributed by atoms with E-state index in [-0.39, 0.29) is 30.5 Å². The number of aromatic amines is 1. The van der Waals surface area contributed by atoms with E-state index in [9.17, 15) is 19.5 Å². The minimum absolute atomic E-state index is 0.0358. The average molecular weight is 736 g/mol. The molecular formula is C42H49N5O5S. The van der Waals surface area contributed by atoms with Crippen molar-refractivity contribution in [2.75, 3.05) is 6.61 Å². The monoisotopic (exact) mass is 735 g/mol. The molecule has 10 nitrogen and oxygen atoms in total. The van der Waals surface area contributed by atoms with Gasteiger partial charge in [0.25, 0.3) is 0 Å². The van der Waals surface area contributed by atoms with Crippen LogP contribution in [0.15, 0.2) is 85.6 Å². The first kappa shape index (κ1) is 39.1.